The molecule has 0 bridgehead atoms. The van der Waals surface area contributed by atoms with Crippen LogP contribution in [0.4, 0.5) is 0 Å². The average molecular weight is 275 g/mol. The van der Waals surface area contributed by atoms with Gasteiger partial charge in [0.15, 0.2) is 0 Å². The number of hydrogen-bond donors (Lipinski definition) is 2. The zero-order valence-electron chi connectivity index (χ0n) is 11.8. The SMILES string of the molecule is Cc1ccc(CCC(=O)N[C@@H]2CCC[C@@H]2C(=O)O)cc1. The van der Waals surface area contributed by atoms with Gasteiger partial charge in [-0.2, -0.15) is 0 Å². The number of carbonyl (C=O) groups excluding carboxylic acids is 1. The number of carboxylic acids is 1. The number of amides is 1. The molecule has 4 heteroatoms. The first-order chi connectivity index (χ1) is 9.56. The molecule has 1 saturated carbocycles. The summed E-state index contributed by atoms with van der Waals surface area (Å²) in [6.07, 6.45) is 3.41. The van der Waals surface area contributed by atoms with Crippen molar-refractivity contribution in [3.05, 3.63) is 35.4 Å². The third-order valence-electron chi connectivity index (χ3n) is 3.94. The lowest BCUT2D eigenvalue weighted by atomic mass is 10.0. The van der Waals surface area contributed by atoms with E-state index in [0.717, 1.165) is 18.4 Å². The number of nitrogens with one attached hydrogen (secondary N) is 1. The number of rotatable bonds is 5. The van der Waals surface area contributed by atoms with Crippen molar-refractivity contribution in [1.29, 1.82) is 0 Å². The summed E-state index contributed by atoms with van der Waals surface area (Å²) in [4.78, 5) is 23.0. The normalized spacial score (nSPS) is 21.6. The maximum Gasteiger partial charge on any atom is 0.308 e. The molecule has 20 heavy (non-hydrogen) atoms. The first kappa shape index (κ1) is 14.6. The van der Waals surface area contributed by atoms with Crippen molar-refractivity contribution < 1.29 is 14.7 Å². The third-order valence-corrected chi connectivity index (χ3v) is 3.94. The summed E-state index contributed by atoms with van der Waals surface area (Å²) >= 11 is 0. The summed E-state index contributed by atoms with van der Waals surface area (Å²) in [5, 5.41) is 12.0. The molecule has 4 nitrogen and oxygen atoms in total. The fourth-order valence-electron chi connectivity index (χ4n) is 2.72. The van der Waals surface area contributed by atoms with Gasteiger partial charge in [-0.25, -0.2) is 0 Å². The molecule has 0 aromatic heterocycles. The molecule has 0 unspecified atom stereocenters. The Morgan fingerprint density at radius 3 is 2.60 bits per heavy atom. The van der Waals surface area contributed by atoms with Gasteiger partial charge in [-0.05, 0) is 31.7 Å². The van der Waals surface area contributed by atoms with Crippen LogP contribution in [0.15, 0.2) is 24.3 Å². The average Bonchev–Trinajstić information content (AvgIpc) is 2.86. The van der Waals surface area contributed by atoms with Crippen molar-refractivity contribution in [3.8, 4) is 0 Å². The van der Waals surface area contributed by atoms with Crippen molar-refractivity contribution in [1.82, 2.24) is 5.32 Å². The smallest absolute Gasteiger partial charge is 0.308 e. The molecule has 0 aliphatic heterocycles. The number of hydrogen-bond acceptors (Lipinski definition) is 2. The van der Waals surface area contributed by atoms with Crippen LogP contribution in [0.3, 0.4) is 0 Å². The van der Waals surface area contributed by atoms with E-state index in [2.05, 4.69) is 5.32 Å². The Kier molecular flexibility index (Phi) is 4.77. The van der Waals surface area contributed by atoms with E-state index in [1.54, 1.807) is 0 Å². The summed E-state index contributed by atoms with van der Waals surface area (Å²) in [6.45, 7) is 2.03. The highest BCUT2D eigenvalue weighted by Gasteiger charge is 2.33. The first-order valence-corrected chi connectivity index (χ1v) is 7.14. The number of aryl methyl sites for hydroxylation is 2. The summed E-state index contributed by atoms with van der Waals surface area (Å²) < 4.78 is 0. The number of aliphatic carboxylic acids is 1. The van der Waals surface area contributed by atoms with Crippen LogP contribution in [0.2, 0.25) is 0 Å². The number of carboxylic acid groups (broad SMARTS) is 1. The highest BCUT2D eigenvalue weighted by atomic mass is 16.4. The van der Waals surface area contributed by atoms with E-state index in [1.165, 1.54) is 5.56 Å². The van der Waals surface area contributed by atoms with Gasteiger partial charge in [-0.15, -0.1) is 0 Å². The van der Waals surface area contributed by atoms with Crippen LogP contribution >= 0.6 is 0 Å². The number of carbonyl (C=O) groups is 2. The minimum absolute atomic E-state index is 0.0521. The maximum atomic E-state index is 11.9. The van der Waals surface area contributed by atoms with Gasteiger partial charge in [0.05, 0.1) is 5.92 Å². The van der Waals surface area contributed by atoms with Crippen LogP contribution < -0.4 is 5.32 Å². The Hall–Kier alpha value is -1.84. The van der Waals surface area contributed by atoms with Gasteiger partial charge in [0.1, 0.15) is 0 Å². The summed E-state index contributed by atoms with van der Waals surface area (Å²) in [6, 6.07) is 7.92. The Morgan fingerprint density at radius 2 is 1.95 bits per heavy atom. The van der Waals surface area contributed by atoms with Crippen molar-refractivity contribution in [2.24, 2.45) is 5.92 Å². The molecule has 1 aliphatic carbocycles. The van der Waals surface area contributed by atoms with Gasteiger partial charge < -0.3 is 10.4 Å². The van der Waals surface area contributed by atoms with Crippen LogP contribution in [0.1, 0.15) is 36.8 Å². The van der Waals surface area contributed by atoms with Gasteiger partial charge in [0.2, 0.25) is 5.91 Å². The first-order valence-electron chi connectivity index (χ1n) is 7.14. The minimum atomic E-state index is -0.800. The summed E-state index contributed by atoms with van der Waals surface area (Å²) in [7, 11) is 0. The highest BCUT2D eigenvalue weighted by Crippen LogP contribution is 2.25. The molecular formula is C16H21NO3. The lowest BCUT2D eigenvalue weighted by molar-refractivity contribution is -0.142. The van der Waals surface area contributed by atoms with Crippen LogP contribution in [0.5, 0.6) is 0 Å². The second-order valence-corrected chi connectivity index (χ2v) is 5.54. The second-order valence-electron chi connectivity index (χ2n) is 5.54. The molecule has 2 atom stereocenters. The largest absolute Gasteiger partial charge is 0.481 e. The predicted octanol–water partition coefficient (Wildman–Crippen LogP) is 2.30. The lowest BCUT2D eigenvalue weighted by Gasteiger charge is -2.17. The van der Waals surface area contributed by atoms with Crippen molar-refractivity contribution in [2.75, 3.05) is 0 Å². The standard InChI is InChI=1S/C16H21NO3/c1-11-5-7-12(8-6-11)9-10-15(18)17-14-4-2-3-13(14)16(19)20/h5-8,13-14H,2-4,9-10H2,1H3,(H,17,18)(H,19,20)/t13-,14+/m0/s1. The molecule has 1 amide bonds. The molecule has 1 aromatic carbocycles. The van der Waals surface area contributed by atoms with E-state index in [9.17, 15) is 9.59 Å². The molecule has 0 spiro atoms. The Bertz CT molecular complexity index is 481. The van der Waals surface area contributed by atoms with E-state index in [4.69, 9.17) is 5.11 Å². The van der Waals surface area contributed by atoms with Crippen LogP contribution in [-0.2, 0) is 16.0 Å². The molecule has 1 fully saturated rings. The molecule has 2 N–H and O–H groups in total. The molecule has 0 radical (unpaired) electrons. The van der Waals surface area contributed by atoms with Gasteiger partial charge in [0, 0.05) is 12.5 Å². The molecular weight excluding hydrogens is 254 g/mol. The second kappa shape index (κ2) is 6.55. The fourth-order valence-corrected chi connectivity index (χ4v) is 2.72. The van der Waals surface area contributed by atoms with E-state index < -0.39 is 11.9 Å². The molecule has 1 aliphatic rings. The summed E-state index contributed by atoms with van der Waals surface area (Å²) in [5.41, 5.74) is 2.33. The number of benzene rings is 1. The monoisotopic (exact) mass is 275 g/mol. The lowest BCUT2D eigenvalue weighted by Crippen LogP contribution is -2.40. The molecule has 2 rings (SSSR count). The van der Waals surface area contributed by atoms with Crippen LogP contribution in [0, 0.1) is 12.8 Å². The predicted molar refractivity (Wildman–Crippen MR) is 76.4 cm³/mol. The zero-order valence-corrected chi connectivity index (χ0v) is 11.8. The van der Waals surface area contributed by atoms with Crippen molar-refractivity contribution in [2.45, 2.75) is 45.1 Å². The Balaban J connectivity index is 1.80. The quantitative estimate of drug-likeness (QED) is 0.866. The molecule has 1 aromatic rings. The zero-order chi connectivity index (χ0) is 14.5. The van der Waals surface area contributed by atoms with E-state index in [1.807, 2.05) is 31.2 Å². The van der Waals surface area contributed by atoms with Gasteiger partial charge in [-0.3, -0.25) is 9.59 Å². The maximum absolute atomic E-state index is 11.9. The van der Waals surface area contributed by atoms with Gasteiger partial charge in [0.25, 0.3) is 0 Å². The van der Waals surface area contributed by atoms with Crippen molar-refractivity contribution in [3.63, 3.8) is 0 Å². The van der Waals surface area contributed by atoms with Gasteiger partial charge in [-0.1, -0.05) is 36.2 Å². The van der Waals surface area contributed by atoms with Crippen molar-refractivity contribution >= 4 is 11.9 Å². The van der Waals surface area contributed by atoms with E-state index in [-0.39, 0.29) is 11.9 Å². The molecule has 0 saturated heterocycles. The van der Waals surface area contributed by atoms with Crippen LogP contribution in [0.25, 0.3) is 0 Å². The van der Waals surface area contributed by atoms with E-state index in [0.29, 0.717) is 19.3 Å². The Morgan fingerprint density at radius 1 is 1.25 bits per heavy atom. The minimum Gasteiger partial charge on any atom is -0.481 e. The molecule has 108 valence electrons. The van der Waals surface area contributed by atoms with E-state index >= 15 is 0 Å². The summed E-state index contributed by atoms with van der Waals surface area (Å²) in [5.74, 6) is -1.27. The topological polar surface area (TPSA) is 66.4 Å². The van der Waals surface area contributed by atoms with Gasteiger partial charge >= 0.3 is 5.97 Å². The van der Waals surface area contributed by atoms with Crippen LogP contribution in [-0.4, -0.2) is 23.0 Å². The molecule has 0 heterocycles. The fraction of sp³-hybridized carbons (Fsp3) is 0.500. The Labute approximate surface area is 119 Å². The highest BCUT2D eigenvalue weighted by molar-refractivity contribution is 5.78. The third kappa shape index (κ3) is 3.83.